The first-order chi connectivity index (χ1) is 9.84. The minimum Gasteiger partial charge on any atom is -0.326 e. The van der Waals surface area contributed by atoms with Crippen LogP contribution in [-0.2, 0) is 11.3 Å². The highest BCUT2D eigenvalue weighted by Gasteiger charge is 2.31. The summed E-state index contributed by atoms with van der Waals surface area (Å²) in [5.74, 6) is -0.470. The summed E-state index contributed by atoms with van der Waals surface area (Å²) in [5.41, 5.74) is 6.87. The van der Waals surface area contributed by atoms with E-state index in [-0.39, 0.29) is 13.1 Å². The van der Waals surface area contributed by atoms with Crippen LogP contribution < -0.4 is 11.1 Å². The van der Waals surface area contributed by atoms with E-state index in [0.717, 1.165) is 10.5 Å². The highest BCUT2D eigenvalue weighted by Crippen LogP contribution is 2.17. The van der Waals surface area contributed by atoms with Crippen LogP contribution in [0, 0.1) is 0 Å². The summed E-state index contributed by atoms with van der Waals surface area (Å²) in [7, 11) is 0. The first kappa shape index (κ1) is 17.5. The fourth-order valence-electron chi connectivity index (χ4n) is 1.96. The van der Waals surface area contributed by atoms with Gasteiger partial charge in [-0.15, -0.1) is 0 Å². The number of nitrogens with one attached hydrogen (secondary N) is 1. The van der Waals surface area contributed by atoms with Gasteiger partial charge in [0.05, 0.1) is 13.1 Å². The lowest BCUT2D eigenvalue weighted by molar-refractivity contribution is -0.147. The van der Waals surface area contributed by atoms with Crippen molar-refractivity contribution < 1.29 is 18.0 Å². The molecule has 0 aliphatic heterocycles. The van der Waals surface area contributed by atoms with Crippen LogP contribution in [0.5, 0.6) is 0 Å². The van der Waals surface area contributed by atoms with Crippen molar-refractivity contribution in [2.45, 2.75) is 26.1 Å². The number of amides is 1. The van der Waals surface area contributed by atoms with E-state index in [0.29, 0.717) is 18.7 Å². The molecule has 0 aromatic heterocycles. The Hall–Kier alpha value is -1.60. The molecule has 0 aliphatic rings. The first-order valence-electron chi connectivity index (χ1n) is 6.72. The Balaban J connectivity index is 2.60. The predicted molar refractivity (Wildman–Crippen MR) is 75.7 cm³/mol. The Kier molecular flexibility index (Phi) is 6.64. The molecule has 21 heavy (non-hydrogen) atoms. The van der Waals surface area contributed by atoms with Gasteiger partial charge in [0.15, 0.2) is 0 Å². The van der Waals surface area contributed by atoms with E-state index in [1.807, 2.05) is 6.07 Å². The number of carbonyl (C=O) groups excluding carboxylic acids is 1. The highest BCUT2D eigenvalue weighted by atomic mass is 19.4. The minimum absolute atomic E-state index is 0.218. The summed E-state index contributed by atoms with van der Waals surface area (Å²) in [6.07, 6.45) is -3.76. The molecule has 0 atom stereocenters. The summed E-state index contributed by atoms with van der Waals surface area (Å²) in [6, 6.07) is 6.91. The van der Waals surface area contributed by atoms with Crippen molar-refractivity contribution in [3.63, 3.8) is 0 Å². The molecule has 0 heterocycles. The van der Waals surface area contributed by atoms with E-state index in [1.165, 1.54) is 0 Å². The normalized spacial score (nSPS) is 11.7. The quantitative estimate of drug-likeness (QED) is 0.813. The van der Waals surface area contributed by atoms with Crippen LogP contribution in [0.4, 0.5) is 18.9 Å². The van der Waals surface area contributed by atoms with Crippen LogP contribution in [0.1, 0.15) is 18.9 Å². The molecule has 7 heteroatoms. The van der Waals surface area contributed by atoms with Crippen molar-refractivity contribution in [2.75, 3.05) is 25.0 Å². The molecule has 1 aromatic rings. The Morgan fingerprint density at radius 2 is 2.10 bits per heavy atom. The molecule has 0 spiro atoms. The number of anilines is 1. The molecule has 1 amide bonds. The maximum Gasteiger partial charge on any atom is 0.401 e. The summed E-state index contributed by atoms with van der Waals surface area (Å²) < 4.78 is 37.3. The van der Waals surface area contributed by atoms with E-state index in [2.05, 4.69) is 5.32 Å². The lowest BCUT2D eigenvalue weighted by atomic mass is 10.2. The lowest BCUT2D eigenvalue weighted by Crippen LogP contribution is -2.40. The van der Waals surface area contributed by atoms with Crippen LogP contribution in [-0.4, -0.2) is 36.6 Å². The molecular weight excluding hydrogens is 283 g/mol. The average molecular weight is 303 g/mol. The number of nitrogens with zero attached hydrogens (tertiary/aromatic N) is 1. The number of rotatable bonds is 7. The SMILES string of the molecule is CCCN(CC(=O)Nc1cccc(CN)c1)CC(F)(F)F. The van der Waals surface area contributed by atoms with Gasteiger partial charge in [-0.05, 0) is 30.7 Å². The number of alkyl halides is 3. The third kappa shape index (κ3) is 7.10. The Labute approximate surface area is 122 Å². The van der Waals surface area contributed by atoms with Gasteiger partial charge in [-0.3, -0.25) is 9.69 Å². The van der Waals surface area contributed by atoms with E-state index in [4.69, 9.17) is 5.73 Å². The fourth-order valence-corrected chi connectivity index (χ4v) is 1.96. The largest absolute Gasteiger partial charge is 0.401 e. The van der Waals surface area contributed by atoms with Crippen molar-refractivity contribution >= 4 is 11.6 Å². The fraction of sp³-hybridized carbons (Fsp3) is 0.500. The monoisotopic (exact) mass is 303 g/mol. The Morgan fingerprint density at radius 3 is 2.67 bits per heavy atom. The Bertz CT molecular complexity index is 463. The maximum atomic E-state index is 12.4. The Morgan fingerprint density at radius 1 is 1.38 bits per heavy atom. The molecule has 0 bridgehead atoms. The van der Waals surface area contributed by atoms with Gasteiger partial charge in [-0.2, -0.15) is 13.2 Å². The van der Waals surface area contributed by atoms with Crippen molar-refractivity contribution in [3.05, 3.63) is 29.8 Å². The molecule has 0 saturated heterocycles. The number of benzene rings is 1. The molecule has 1 aromatic carbocycles. The van der Waals surface area contributed by atoms with E-state index >= 15 is 0 Å². The van der Waals surface area contributed by atoms with E-state index in [9.17, 15) is 18.0 Å². The van der Waals surface area contributed by atoms with Crippen LogP contribution in [0.3, 0.4) is 0 Å². The second kappa shape index (κ2) is 7.99. The molecule has 1 rings (SSSR count). The topological polar surface area (TPSA) is 58.4 Å². The average Bonchev–Trinajstić information content (AvgIpc) is 2.37. The lowest BCUT2D eigenvalue weighted by Gasteiger charge is -2.22. The number of hydrogen-bond donors (Lipinski definition) is 2. The van der Waals surface area contributed by atoms with E-state index < -0.39 is 18.6 Å². The summed E-state index contributed by atoms with van der Waals surface area (Å²) in [4.78, 5) is 12.9. The molecule has 0 aliphatic carbocycles. The van der Waals surface area contributed by atoms with Crippen LogP contribution in [0.25, 0.3) is 0 Å². The molecule has 4 nitrogen and oxygen atoms in total. The van der Waals surface area contributed by atoms with Gasteiger partial charge in [0.2, 0.25) is 5.91 Å². The van der Waals surface area contributed by atoms with Gasteiger partial charge >= 0.3 is 6.18 Å². The zero-order valence-corrected chi connectivity index (χ0v) is 11.9. The summed E-state index contributed by atoms with van der Waals surface area (Å²) >= 11 is 0. The van der Waals surface area contributed by atoms with Crippen molar-refractivity contribution in [2.24, 2.45) is 5.73 Å². The molecule has 0 unspecified atom stereocenters. The molecule has 0 fully saturated rings. The van der Waals surface area contributed by atoms with Crippen molar-refractivity contribution in [1.29, 1.82) is 0 Å². The van der Waals surface area contributed by atoms with Crippen molar-refractivity contribution in [3.8, 4) is 0 Å². The van der Waals surface area contributed by atoms with Gasteiger partial charge in [-0.1, -0.05) is 19.1 Å². The van der Waals surface area contributed by atoms with E-state index in [1.54, 1.807) is 25.1 Å². The number of halogens is 3. The first-order valence-corrected chi connectivity index (χ1v) is 6.72. The molecule has 0 saturated carbocycles. The van der Waals surface area contributed by atoms with Gasteiger partial charge < -0.3 is 11.1 Å². The van der Waals surface area contributed by atoms with Crippen molar-refractivity contribution in [1.82, 2.24) is 4.90 Å². The third-order valence-corrected chi connectivity index (χ3v) is 2.76. The van der Waals surface area contributed by atoms with Crippen LogP contribution in [0.15, 0.2) is 24.3 Å². The van der Waals surface area contributed by atoms with Crippen LogP contribution in [0.2, 0.25) is 0 Å². The summed E-state index contributed by atoms with van der Waals surface area (Å²) in [6.45, 7) is 0.943. The van der Waals surface area contributed by atoms with Gasteiger partial charge in [0, 0.05) is 12.2 Å². The highest BCUT2D eigenvalue weighted by molar-refractivity contribution is 5.92. The smallest absolute Gasteiger partial charge is 0.326 e. The number of nitrogens with two attached hydrogens (primary N) is 1. The third-order valence-electron chi connectivity index (χ3n) is 2.76. The second-order valence-corrected chi connectivity index (χ2v) is 4.78. The molecule has 118 valence electrons. The number of hydrogen-bond acceptors (Lipinski definition) is 3. The zero-order chi connectivity index (χ0) is 15.9. The van der Waals surface area contributed by atoms with Gasteiger partial charge in [0.1, 0.15) is 0 Å². The molecule has 0 radical (unpaired) electrons. The minimum atomic E-state index is -4.31. The molecular formula is C14H20F3N3O. The number of carbonyl (C=O) groups is 1. The predicted octanol–water partition coefficient (Wildman–Crippen LogP) is 2.36. The maximum absolute atomic E-state index is 12.4. The molecule has 3 N–H and O–H groups in total. The second-order valence-electron chi connectivity index (χ2n) is 4.78. The van der Waals surface area contributed by atoms with Gasteiger partial charge in [-0.25, -0.2) is 0 Å². The summed E-state index contributed by atoms with van der Waals surface area (Å²) in [5, 5.41) is 2.59. The zero-order valence-electron chi connectivity index (χ0n) is 11.9. The standard InChI is InChI=1S/C14H20F3N3O/c1-2-6-20(10-14(15,16)17)9-13(21)19-12-5-3-4-11(7-12)8-18/h3-5,7H,2,6,8-10,18H2,1H3,(H,19,21). The van der Waals surface area contributed by atoms with Gasteiger partial charge in [0.25, 0.3) is 0 Å². The van der Waals surface area contributed by atoms with Crippen LogP contribution >= 0.6 is 0 Å².